The third-order valence-electron chi connectivity index (χ3n) is 3.59. The number of hydrogen-bond donors (Lipinski definition) is 1. The minimum atomic E-state index is -0.784. The average molecular weight is 269 g/mol. The number of rotatable bonds is 3. The van der Waals surface area contributed by atoms with Crippen LogP contribution in [-0.4, -0.2) is 17.9 Å². The van der Waals surface area contributed by atoms with Gasteiger partial charge in [-0.2, -0.15) is 0 Å². The van der Waals surface area contributed by atoms with Crippen molar-refractivity contribution >= 4 is 17.6 Å². The highest BCUT2D eigenvalue weighted by Gasteiger charge is 2.48. The zero-order valence-corrected chi connectivity index (χ0v) is 10.5. The van der Waals surface area contributed by atoms with Gasteiger partial charge in [-0.15, -0.1) is 0 Å². The van der Waals surface area contributed by atoms with E-state index in [0.29, 0.717) is 11.6 Å². The van der Waals surface area contributed by atoms with Crippen LogP contribution in [0.15, 0.2) is 12.1 Å². The van der Waals surface area contributed by atoms with Crippen LogP contribution in [0.5, 0.6) is 5.75 Å². The Morgan fingerprint density at radius 3 is 2.89 bits per heavy atom. The summed E-state index contributed by atoms with van der Waals surface area (Å²) in [4.78, 5) is 11.0. The van der Waals surface area contributed by atoms with Crippen molar-refractivity contribution in [1.29, 1.82) is 0 Å². The highest BCUT2D eigenvalue weighted by atomic mass is 35.5. The summed E-state index contributed by atoms with van der Waals surface area (Å²) >= 11 is 6.09. The van der Waals surface area contributed by atoms with Crippen molar-refractivity contribution in [2.75, 3.05) is 6.79 Å². The van der Waals surface area contributed by atoms with E-state index < -0.39 is 5.97 Å². The lowest BCUT2D eigenvalue weighted by Gasteiger charge is -2.24. The van der Waals surface area contributed by atoms with Crippen molar-refractivity contribution in [2.24, 2.45) is 0 Å². The predicted molar refractivity (Wildman–Crippen MR) is 64.9 cm³/mol. The molecule has 5 heteroatoms. The second kappa shape index (κ2) is 4.14. The van der Waals surface area contributed by atoms with Crippen molar-refractivity contribution in [3.8, 4) is 5.75 Å². The standard InChI is InChI=1S/C13H13ClO4/c14-9-3-8-6-17-7-18-12(8)10(4-9)13(1-2-13)5-11(15)16/h3-4H,1-2,5-7H2,(H,15,16). The van der Waals surface area contributed by atoms with Gasteiger partial charge >= 0.3 is 5.97 Å². The van der Waals surface area contributed by atoms with E-state index in [2.05, 4.69) is 0 Å². The molecule has 1 aromatic carbocycles. The molecule has 0 saturated heterocycles. The molecular formula is C13H13ClO4. The molecule has 3 rings (SSSR count). The summed E-state index contributed by atoms with van der Waals surface area (Å²) in [7, 11) is 0. The van der Waals surface area contributed by atoms with E-state index in [1.54, 1.807) is 0 Å². The Bertz CT molecular complexity index is 508. The Morgan fingerprint density at radius 1 is 1.44 bits per heavy atom. The first-order chi connectivity index (χ1) is 8.61. The predicted octanol–water partition coefficient (Wildman–Crippen LogP) is 2.71. The largest absolute Gasteiger partial charge is 0.481 e. The molecule has 1 aliphatic carbocycles. The number of ether oxygens (including phenoxy) is 2. The normalized spacial score (nSPS) is 19.8. The van der Waals surface area contributed by atoms with Crippen LogP contribution in [0.4, 0.5) is 0 Å². The van der Waals surface area contributed by atoms with Crippen LogP contribution in [0, 0.1) is 0 Å². The number of fused-ring (bicyclic) bond motifs is 1. The molecule has 1 aliphatic heterocycles. The van der Waals surface area contributed by atoms with Crippen LogP contribution >= 0.6 is 11.6 Å². The topological polar surface area (TPSA) is 55.8 Å². The SMILES string of the molecule is O=C(O)CC1(c2cc(Cl)cc3c2OCOC3)CC1. The lowest BCUT2D eigenvalue weighted by atomic mass is 9.90. The fraction of sp³-hybridized carbons (Fsp3) is 0.462. The molecule has 1 aromatic rings. The van der Waals surface area contributed by atoms with Gasteiger partial charge in [-0.05, 0) is 25.0 Å². The minimum Gasteiger partial charge on any atom is -0.481 e. The average Bonchev–Trinajstić information content (AvgIpc) is 3.08. The van der Waals surface area contributed by atoms with Gasteiger partial charge in [0, 0.05) is 21.6 Å². The zero-order chi connectivity index (χ0) is 12.8. The van der Waals surface area contributed by atoms with Gasteiger partial charge in [0.2, 0.25) is 0 Å². The van der Waals surface area contributed by atoms with Gasteiger partial charge in [0.25, 0.3) is 0 Å². The summed E-state index contributed by atoms with van der Waals surface area (Å²) < 4.78 is 10.8. The highest BCUT2D eigenvalue weighted by molar-refractivity contribution is 6.30. The monoisotopic (exact) mass is 268 g/mol. The van der Waals surface area contributed by atoms with E-state index in [1.165, 1.54) is 0 Å². The fourth-order valence-electron chi connectivity index (χ4n) is 2.56. The quantitative estimate of drug-likeness (QED) is 0.916. The number of hydrogen-bond acceptors (Lipinski definition) is 3. The maximum atomic E-state index is 11.0. The van der Waals surface area contributed by atoms with Gasteiger partial charge in [0.1, 0.15) is 5.75 Å². The van der Waals surface area contributed by atoms with Crippen LogP contribution in [0.3, 0.4) is 0 Å². The first-order valence-corrected chi connectivity index (χ1v) is 6.24. The van der Waals surface area contributed by atoms with Crippen molar-refractivity contribution < 1.29 is 19.4 Å². The van der Waals surface area contributed by atoms with Crippen LogP contribution in [-0.2, 0) is 21.6 Å². The van der Waals surface area contributed by atoms with E-state index in [9.17, 15) is 4.79 Å². The highest BCUT2D eigenvalue weighted by Crippen LogP contribution is 2.55. The van der Waals surface area contributed by atoms with E-state index in [4.69, 9.17) is 26.2 Å². The molecule has 0 amide bonds. The molecule has 1 heterocycles. The molecule has 18 heavy (non-hydrogen) atoms. The van der Waals surface area contributed by atoms with E-state index >= 15 is 0 Å². The van der Waals surface area contributed by atoms with Crippen molar-refractivity contribution in [3.05, 3.63) is 28.3 Å². The molecule has 4 nitrogen and oxygen atoms in total. The summed E-state index contributed by atoms with van der Waals surface area (Å²) in [5, 5.41) is 9.63. The number of halogens is 1. The second-order valence-electron chi connectivity index (χ2n) is 4.90. The maximum absolute atomic E-state index is 11.0. The second-order valence-corrected chi connectivity index (χ2v) is 5.34. The third kappa shape index (κ3) is 1.95. The zero-order valence-electron chi connectivity index (χ0n) is 9.74. The summed E-state index contributed by atoms with van der Waals surface area (Å²) in [6.07, 6.45) is 1.87. The Labute approximate surface area is 109 Å². The number of carboxylic acids is 1. The van der Waals surface area contributed by atoms with Crippen molar-refractivity contribution in [3.63, 3.8) is 0 Å². The Balaban J connectivity index is 2.06. The summed E-state index contributed by atoms with van der Waals surface area (Å²) in [5.41, 5.74) is 1.54. The Hall–Kier alpha value is -1.26. The maximum Gasteiger partial charge on any atom is 0.304 e. The van der Waals surface area contributed by atoms with Crippen molar-refractivity contribution in [1.82, 2.24) is 0 Å². The third-order valence-corrected chi connectivity index (χ3v) is 3.81. The number of carbonyl (C=O) groups is 1. The lowest BCUT2D eigenvalue weighted by Crippen LogP contribution is -2.19. The molecule has 96 valence electrons. The number of aliphatic carboxylic acids is 1. The molecule has 2 aliphatic rings. The minimum absolute atomic E-state index is 0.129. The first-order valence-electron chi connectivity index (χ1n) is 5.86. The molecule has 0 unspecified atom stereocenters. The first kappa shape index (κ1) is 11.8. The Kier molecular flexibility index (Phi) is 2.72. The fourth-order valence-corrected chi connectivity index (χ4v) is 2.80. The molecule has 0 aromatic heterocycles. The lowest BCUT2D eigenvalue weighted by molar-refractivity contribution is -0.137. The molecule has 1 fully saturated rings. The van der Waals surface area contributed by atoms with Gasteiger partial charge in [0.05, 0.1) is 13.0 Å². The van der Waals surface area contributed by atoms with Gasteiger partial charge in [-0.1, -0.05) is 11.6 Å². The molecule has 1 saturated carbocycles. The van der Waals surface area contributed by atoms with Crippen LogP contribution in [0.2, 0.25) is 5.02 Å². The summed E-state index contributed by atoms with van der Waals surface area (Å²) in [5.74, 6) is -0.0160. The van der Waals surface area contributed by atoms with Crippen LogP contribution in [0.25, 0.3) is 0 Å². The summed E-state index contributed by atoms with van der Waals surface area (Å²) in [6, 6.07) is 3.65. The van der Waals surface area contributed by atoms with Crippen LogP contribution < -0.4 is 4.74 Å². The van der Waals surface area contributed by atoms with E-state index in [-0.39, 0.29) is 18.6 Å². The van der Waals surface area contributed by atoms with E-state index in [1.807, 2.05) is 12.1 Å². The van der Waals surface area contributed by atoms with Gasteiger partial charge in [0.15, 0.2) is 6.79 Å². The molecule has 0 radical (unpaired) electrons. The number of benzene rings is 1. The molecule has 0 bridgehead atoms. The number of carboxylic acid groups (broad SMARTS) is 1. The molecular weight excluding hydrogens is 256 g/mol. The van der Waals surface area contributed by atoms with Crippen LogP contribution in [0.1, 0.15) is 30.4 Å². The van der Waals surface area contributed by atoms with Gasteiger partial charge in [-0.25, -0.2) is 0 Å². The smallest absolute Gasteiger partial charge is 0.304 e. The molecule has 1 N–H and O–H groups in total. The van der Waals surface area contributed by atoms with Crippen molar-refractivity contribution in [2.45, 2.75) is 31.3 Å². The molecule has 0 spiro atoms. The summed E-state index contributed by atoms with van der Waals surface area (Å²) in [6.45, 7) is 0.677. The van der Waals surface area contributed by atoms with E-state index in [0.717, 1.165) is 29.7 Å². The Morgan fingerprint density at radius 2 is 2.22 bits per heavy atom. The van der Waals surface area contributed by atoms with Gasteiger partial charge in [-0.3, -0.25) is 4.79 Å². The molecule has 0 atom stereocenters. The van der Waals surface area contributed by atoms with Gasteiger partial charge < -0.3 is 14.6 Å².